The number of amides is 1. The molecule has 0 aromatic heterocycles. The Morgan fingerprint density at radius 1 is 1.63 bits per heavy atom. The van der Waals surface area contributed by atoms with Crippen LogP contribution in [0.2, 0.25) is 0 Å². The summed E-state index contributed by atoms with van der Waals surface area (Å²) in [6.07, 6.45) is 0.923. The summed E-state index contributed by atoms with van der Waals surface area (Å²) in [7, 11) is 0. The molecule has 1 aliphatic rings. The van der Waals surface area contributed by atoms with Gasteiger partial charge in [0, 0.05) is 32.6 Å². The van der Waals surface area contributed by atoms with E-state index in [1.165, 1.54) is 13.0 Å². The van der Waals surface area contributed by atoms with Crippen LogP contribution in [0.3, 0.4) is 0 Å². The van der Waals surface area contributed by atoms with E-state index in [1.807, 2.05) is 6.07 Å². The van der Waals surface area contributed by atoms with E-state index in [0.717, 1.165) is 25.1 Å². The first-order valence-corrected chi connectivity index (χ1v) is 6.26. The van der Waals surface area contributed by atoms with Gasteiger partial charge >= 0.3 is 0 Å². The third-order valence-corrected chi connectivity index (χ3v) is 3.24. The van der Waals surface area contributed by atoms with E-state index in [0.29, 0.717) is 6.54 Å². The zero-order valence-corrected chi connectivity index (χ0v) is 10.8. The Morgan fingerprint density at radius 3 is 3.11 bits per heavy atom. The van der Waals surface area contributed by atoms with Crippen molar-refractivity contribution in [3.8, 4) is 6.07 Å². The normalized spacial score (nSPS) is 19.1. The molecule has 0 bridgehead atoms. The van der Waals surface area contributed by atoms with E-state index in [-0.39, 0.29) is 17.5 Å². The molecule has 1 saturated heterocycles. The van der Waals surface area contributed by atoms with Crippen molar-refractivity contribution in [2.24, 2.45) is 0 Å². The van der Waals surface area contributed by atoms with E-state index in [1.54, 1.807) is 12.1 Å². The Kier molecular flexibility index (Phi) is 4.13. The molecule has 0 radical (unpaired) electrons. The summed E-state index contributed by atoms with van der Waals surface area (Å²) in [5.74, 6) is -0.496. The van der Waals surface area contributed by atoms with Crippen molar-refractivity contribution in [3.63, 3.8) is 0 Å². The molecule has 19 heavy (non-hydrogen) atoms. The largest absolute Gasteiger partial charge is 0.352 e. The van der Waals surface area contributed by atoms with E-state index >= 15 is 0 Å². The Bertz CT molecular complexity index is 524. The van der Waals surface area contributed by atoms with E-state index in [2.05, 4.69) is 10.2 Å². The summed E-state index contributed by atoms with van der Waals surface area (Å²) >= 11 is 0. The second-order valence-corrected chi connectivity index (χ2v) is 4.85. The molecule has 5 heteroatoms. The minimum absolute atomic E-state index is 0.0135. The highest BCUT2D eigenvalue weighted by atomic mass is 19.1. The summed E-state index contributed by atoms with van der Waals surface area (Å²) in [6.45, 7) is 3.87. The van der Waals surface area contributed by atoms with E-state index < -0.39 is 5.82 Å². The molecular formula is C14H16FN3O. The molecule has 1 atom stereocenters. The molecule has 0 saturated carbocycles. The van der Waals surface area contributed by atoms with Crippen LogP contribution in [-0.4, -0.2) is 29.9 Å². The summed E-state index contributed by atoms with van der Waals surface area (Å²) in [4.78, 5) is 13.2. The van der Waals surface area contributed by atoms with Crippen molar-refractivity contribution >= 4 is 5.91 Å². The van der Waals surface area contributed by atoms with Gasteiger partial charge in [0.2, 0.25) is 5.91 Å². The maximum Gasteiger partial charge on any atom is 0.217 e. The van der Waals surface area contributed by atoms with E-state index in [9.17, 15) is 9.18 Å². The van der Waals surface area contributed by atoms with Gasteiger partial charge in [-0.2, -0.15) is 5.26 Å². The van der Waals surface area contributed by atoms with Crippen LogP contribution in [0.5, 0.6) is 0 Å². The first-order chi connectivity index (χ1) is 9.08. The molecule has 1 aromatic rings. The van der Waals surface area contributed by atoms with Crippen molar-refractivity contribution in [3.05, 3.63) is 35.1 Å². The Hall–Kier alpha value is -1.93. The number of hydrogen-bond acceptors (Lipinski definition) is 3. The number of carbonyl (C=O) groups excluding carboxylic acids is 1. The van der Waals surface area contributed by atoms with Gasteiger partial charge in [-0.05, 0) is 24.1 Å². The topological polar surface area (TPSA) is 56.1 Å². The predicted octanol–water partition coefficient (Wildman–Crippen LogP) is 1.41. The number of nitrogens with zero attached hydrogens (tertiary/aromatic N) is 2. The van der Waals surface area contributed by atoms with Crippen molar-refractivity contribution in [2.45, 2.75) is 25.9 Å². The van der Waals surface area contributed by atoms with Gasteiger partial charge in [-0.25, -0.2) is 4.39 Å². The van der Waals surface area contributed by atoms with Crippen LogP contribution < -0.4 is 5.32 Å². The fourth-order valence-electron chi connectivity index (χ4n) is 2.40. The van der Waals surface area contributed by atoms with Crippen LogP contribution in [0.4, 0.5) is 4.39 Å². The molecule has 100 valence electrons. The Morgan fingerprint density at radius 2 is 2.42 bits per heavy atom. The van der Waals surface area contributed by atoms with Gasteiger partial charge in [0.05, 0.1) is 5.56 Å². The number of hydrogen-bond donors (Lipinski definition) is 1. The zero-order chi connectivity index (χ0) is 13.8. The molecule has 1 amide bonds. The molecule has 1 heterocycles. The summed E-state index contributed by atoms with van der Waals surface area (Å²) in [6, 6.07) is 6.64. The van der Waals surface area contributed by atoms with Crippen LogP contribution >= 0.6 is 0 Å². The van der Waals surface area contributed by atoms with Crippen LogP contribution in [-0.2, 0) is 11.3 Å². The maximum absolute atomic E-state index is 13.2. The summed E-state index contributed by atoms with van der Waals surface area (Å²) in [5, 5.41) is 11.7. The van der Waals surface area contributed by atoms with Gasteiger partial charge < -0.3 is 5.32 Å². The van der Waals surface area contributed by atoms with Crippen LogP contribution in [0.15, 0.2) is 18.2 Å². The lowest BCUT2D eigenvalue weighted by molar-refractivity contribution is -0.119. The monoisotopic (exact) mass is 261 g/mol. The van der Waals surface area contributed by atoms with Crippen LogP contribution in [0.25, 0.3) is 0 Å². The standard InChI is InChI=1S/C14H16FN3O/c1-10(19)17-13-4-5-18(9-13)8-11-2-3-14(15)12(6-11)7-16/h2-3,6,13H,4-5,8-9H2,1H3,(H,17,19). The maximum atomic E-state index is 13.2. The second kappa shape index (κ2) is 5.81. The highest BCUT2D eigenvalue weighted by Gasteiger charge is 2.22. The fourth-order valence-corrected chi connectivity index (χ4v) is 2.40. The van der Waals surface area contributed by atoms with E-state index in [4.69, 9.17) is 5.26 Å². The minimum Gasteiger partial charge on any atom is -0.352 e. The van der Waals surface area contributed by atoms with Crippen molar-refractivity contribution in [2.75, 3.05) is 13.1 Å². The minimum atomic E-state index is -0.483. The first kappa shape index (κ1) is 13.5. The van der Waals surface area contributed by atoms with Gasteiger partial charge in [0.25, 0.3) is 0 Å². The van der Waals surface area contributed by atoms with Crippen LogP contribution in [0, 0.1) is 17.1 Å². The predicted molar refractivity (Wildman–Crippen MR) is 68.6 cm³/mol. The van der Waals surface area contributed by atoms with Crippen LogP contribution in [0.1, 0.15) is 24.5 Å². The molecule has 1 aromatic carbocycles. The Balaban J connectivity index is 1.96. The lowest BCUT2D eigenvalue weighted by Gasteiger charge is -2.16. The molecule has 1 N–H and O–H groups in total. The number of likely N-dealkylation sites (tertiary alicyclic amines) is 1. The molecular weight excluding hydrogens is 245 g/mol. The first-order valence-electron chi connectivity index (χ1n) is 6.26. The molecule has 0 spiro atoms. The van der Waals surface area contributed by atoms with Gasteiger partial charge in [0.15, 0.2) is 0 Å². The second-order valence-electron chi connectivity index (χ2n) is 4.85. The molecule has 4 nitrogen and oxygen atoms in total. The van der Waals surface area contributed by atoms with Gasteiger partial charge in [-0.15, -0.1) is 0 Å². The molecule has 1 unspecified atom stereocenters. The number of nitrogens with one attached hydrogen (secondary N) is 1. The average Bonchev–Trinajstić information content (AvgIpc) is 2.78. The Labute approximate surface area is 111 Å². The lowest BCUT2D eigenvalue weighted by atomic mass is 10.1. The number of nitriles is 1. The van der Waals surface area contributed by atoms with Gasteiger partial charge in [-0.3, -0.25) is 9.69 Å². The quantitative estimate of drug-likeness (QED) is 0.895. The van der Waals surface area contributed by atoms with Crippen molar-refractivity contribution in [1.29, 1.82) is 5.26 Å². The highest BCUT2D eigenvalue weighted by molar-refractivity contribution is 5.73. The molecule has 1 aliphatic heterocycles. The SMILES string of the molecule is CC(=O)NC1CCN(Cc2ccc(F)c(C#N)c2)C1. The highest BCUT2D eigenvalue weighted by Crippen LogP contribution is 2.16. The molecule has 2 rings (SSSR count). The molecule has 0 aliphatic carbocycles. The number of halogens is 1. The summed E-state index contributed by atoms with van der Waals surface area (Å²) in [5.41, 5.74) is 0.997. The van der Waals surface area contributed by atoms with Crippen molar-refractivity contribution < 1.29 is 9.18 Å². The number of rotatable bonds is 3. The summed E-state index contributed by atoms with van der Waals surface area (Å²) < 4.78 is 13.2. The fraction of sp³-hybridized carbons (Fsp3) is 0.429. The smallest absolute Gasteiger partial charge is 0.217 e. The average molecular weight is 261 g/mol. The number of benzene rings is 1. The van der Waals surface area contributed by atoms with Crippen molar-refractivity contribution in [1.82, 2.24) is 10.2 Å². The lowest BCUT2D eigenvalue weighted by Crippen LogP contribution is -2.35. The third-order valence-electron chi connectivity index (χ3n) is 3.24. The zero-order valence-electron chi connectivity index (χ0n) is 10.8. The van der Waals surface area contributed by atoms with Gasteiger partial charge in [-0.1, -0.05) is 6.07 Å². The third kappa shape index (κ3) is 3.52. The molecule has 1 fully saturated rings. The van der Waals surface area contributed by atoms with Gasteiger partial charge in [0.1, 0.15) is 11.9 Å². The number of carbonyl (C=O) groups is 1.